The maximum absolute atomic E-state index is 14.2. The average molecular weight is 594 g/mol. The number of aryl methyl sites for hydroxylation is 1. The van der Waals surface area contributed by atoms with Crippen molar-refractivity contribution in [1.29, 1.82) is 0 Å². The number of rotatable bonds is 9. The molecule has 1 fully saturated rings. The second-order valence-corrected chi connectivity index (χ2v) is 12.0. The minimum atomic E-state index is -3.85. The first-order valence-electron chi connectivity index (χ1n) is 13.5. The molecule has 3 aromatic carbocycles. The van der Waals surface area contributed by atoms with Gasteiger partial charge in [0.05, 0.1) is 16.4 Å². The van der Waals surface area contributed by atoms with Crippen LogP contribution in [0.25, 0.3) is 16.9 Å². The van der Waals surface area contributed by atoms with Crippen LogP contribution in [0.5, 0.6) is 0 Å². The molecule has 0 bridgehead atoms. The Morgan fingerprint density at radius 3 is 2.32 bits per heavy atom. The Bertz CT molecular complexity index is 1710. The van der Waals surface area contributed by atoms with E-state index in [9.17, 15) is 18.0 Å². The van der Waals surface area contributed by atoms with Gasteiger partial charge in [0.1, 0.15) is 10.6 Å². The zero-order valence-electron chi connectivity index (χ0n) is 22.7. The number of hydrogen-bond acceptors (Lipinski definition) is 5. The fourth-order valence-electron chi connectivity index (χ4n) is 5.07. The molecule has 0 atom stereocenters. The Morgan fingerprint density at radius 1 is 0.951 bits per heavy atom. The third kappa shape index (κ3) is 6.01. The van der Waals surface area contributed by atoms with Crippen LogP contribution in [-0.2, 0) is 16.6 Å². The normalized spacial score (nSPS) is 13.9. The predicted molar refractivity (Wildman–Crippen MR) is 160 cm³/mol. The van der Waals surface area contributed by atoms with E-state index in [-0.39, 0.29) is 41.0 Å². The molecule has 2 heterocycles. The Morgan fingerprint density at radius 2 is 1.61 bits per heavy atom. The molecule has 0 unspecified atom stereocenters. The molecule has 1 aliphatic rings. The van der Waals surface area contributed by atoms with Crippen LogP contribution in [0.3, 0.4) is 0 Å². The molecule has 11 heteroatoms. The smallest absolute Gasteiger partial charge is 0.333 e. The van der Waals surface area contributed by atoms with Crippen molar-refractivity contribution in [2.75, 3.05) is 32.7 Å². The summed E-state index contributed by atoms with van der Waals surface area (Å²) in [6, 6.07) is 23.2. The molecule has 2 N–H and O–H groups in total. The predicted octanol–water partition coefficient (Wildman–Crippen LogP) is 3.68. The highest BCUT2D eigenvalue weighted by atomic mass is 35.5. The van der Waals surface area contributed by atoms with E-state index >= 15 is 0 Å². The SMILES string of the molecule is Cc1ccccc1-n1c(-c2ccccc2)c(C(=O)N2CCNCC2)n(CCCNS(=O)(=O)c2ccccc2Cl)c1=O. The molecule has 5 rings (SSSR count). The number of sulfonamides is 1. The molecule has 0 aliphatic carbocycles. The van der Waals surface area contributed by atoms with Crippen LogP contribution < -0.4 is 15.7 Å². The number of piperazine rings is 1. The van der Waals surface area contributed by atoms with E-state index < -0.39 is 10.0 Å². The van der Waals surface area contributed by atoms with Crippen molar-refractivity contribution in [3.63, 3.8) is 0 Å². The first-order chi connectivity index (χ1) is 19.8. The molecule has 0 saturated carbocycles. The molecular formula is C30H32ClN5O4S. The number of para-hydroxylation sites is 1. The fourth-order valence-corrected chi connectivity index (χ4v) is 6.66. The first-order valence-corrected chi connectivity index (χ1v) is 15.4. The zero-order valence-corrected chi connectivity index (χ0v) is 24.3. The van der Waals surface area contributed by atoms with Crippen molar-refractivity contribution in [3.8, 4) is 16.9 Å². The van der Waals surface area contributed by atoms with E-state index in [1.807, 2.05) is 61.5 Å². The molecule has 1 saturated heterocycles. The van der Waals surface area contributed by atoms with E-state index in [1.165, 1.54) is 16.7 Å². The molecule has 1 amide bonds. The summed E-state index contributed by atoms with van der Waals surface area (Å²) in [7, 11) is -3.85. The van der Waals surface area contributed by atoms with Gasteiger partial charge in [0.2, 0.25) is 10.0 Å². The van der Waals surface area contributed by atoms with Crippen LogP contribution in [0, 0.1) is 6.92 Å². The molecule has 1 aromatic heterocycles. The first kappa shape index (κ1) is 28.8. The van der Waals surface area contributed by atoms with Crippen molar-refractivity contribution < 1.29 is 13.2 Å². The van der Waals surface area contributed by atoms with Gasteiger partial charge in [-0.25, -0.2) is 17.9 Å². The zero-order chi connectivity index (χ0) is 29.0. The Labute approximate surface area is 244 Å². The molecule has 41 heavy (non-hydrogen) atoms. The summed E-state index contributed by atoms with van der Waals surface area (Å²) in [4.78, 5) is 30.0. The lowest BCUT2D eigenvalue weighted by Gasteiger charge is -2.28. The number of aromatic nitrogens is 2. The quantitative estimate of drug-likeness (QED) is 0.288. The molecule has 214 valence electrons. The lowest BCUT2D eigenvalue weighted by molar-refractivity contribution is 0.0725. The number of imidazole rings is 1. The van der Waals surface area contributed by atoms with Gasteiger partial charge in [0.15, 0.2) is 0 Å². The van der Waals surface area contributed by atoms with Gasteiger partial charge >= 0.3 is 5.69 Å². The van der Waals surface area contributed by atoms with Crippen molar-refractivity contribution >= 4 is 27.5 Å². The summed E-state index contributed by atoms with van der Waals surface area (Å²) in [5, 5.41) is 3.39. The monoisotopic (exact) mass is 593 g/mol. The van der Waals surface area contributed by atoms with Crippen LogP contribution in [0.15, 0.2) is 88.6 Å². The van der Waals surface area contributed by atoms with Gasteiger partial charge in [-0.05, 0) is 37.1 Å². The number of hydrogen-bond donors (Lipinski definition) is 2. The van der Waals surface area contributed by atoms with Crippen molar-refractivity contribution in [1.82, 2.24) is 24.1 Å². The van der Waals surface area contributed by atoms with Gasteiger partial charge in [-0.2, -0.15) is 0 Å². The molecule has 0 spiro atoms. The largest absolute Gasteiger partial charge is 0.335 e. The Kier molecular flexibility index (Phi) is 8.74. The summed E-state index contributed by atoms with van der Waals surface area (Å²) in [6.07, 6.45) is 0.275. The van der Waals surface area contributed by atoms with Crippen LogP contribution in [0.2, 0.25) is 5.02 Å². The highest BCUT2D eigenvalue weighted by molar-refractivity contribution is 7.89. The second kappa shape index (κ2) is 12.4. The van der Waals surface area contributed by atoms with Crippen LogP contribution in [-0.4, -0.2) is 61.1 Å². The van der Waals surface area contributed by atoms with Crippen molar-refractivity contribution in [2.45, 2.75) is 24.8 Å². The number of halogens is 1. The lowest BCUT2D eigenvalue weighted by Crippen LogP contribution is -2.47. The number of nitrogens with zero attached hydrogens (tertiary/aromatic N) is 3. The number of amides is 1. The van der Waals surface area contributed by atoms with E-state index in [2.05, 4.69) is 10.0 Å². The van der Waals surface area contributed by atoms with Gasteiger partial charge in [-0.3, -0.25) is 13.9 Å². The van der Waals surface area contributed by atoms with Gasteiger partial charge < -0.3 is 10.2 Å². The minimum absolute atomic E-state index is 0.00882. The molecular weight excluding hydrogens is 562 g/mol. The van der Waals surface area contributed by atoms with Gasteiger partial charge in [0.25, 0.3) is 5.91 Å². The number of benzene rings is 3. The maximum atomic E-state index is 14.2. The number of carbonyl (C=O) groups excluding carboxylic acids is 1. The van der Waals surface area contributed by atoms with Gasteiger partial charge in [0, 0.05) is 44.8 Å². The van der Waals surface area contributed by atoms with E-state index in [0.29, 0.717) is 43.3 Å². The van der Waals surface area contributed by atoms with Gasteiger partial charge in [-0.1, -0.05) is 72.3 Å². The summed E-state index contributed by atoms with van der Waals surface area (Å²) in [6.45, 7) is 4.49. The summed E-state index contributed by atoms with van der Waals surface area (Å²) in [5.41, 5.74) is 2.77. The van der Waals surface area contributed by atoms with Crippen LogP contribution >= 0.6 is 11.6 Å². The van der Waals surface area contributed by atoms with Crippen LogP contribution in [0.1, 0.15) is 22.5 Å². The molecule has 1 aliphatic heterocycles. The van der Waals surface area contributed by atoms with Crippen molar-refractivity contribution in [2.24, 2.45) is 0 Å². The third-order valence-electron chi connectivity index (χ3n) is 7.13. The summed E-state index contributed by atoms with van der Waals surface area (Å²) in [5.74, 6) is -0.230. The maximum Gasteiger partial charge on any atom is 0.333 e. The number of carbonyl (C=O) groups is 1. The van der Waals surface area contributed by atoms with Gasteiger partial charge in [-0.15, -0.1) is 0 Å². The van der Waals surface area contributed by atoms with Crippen LogP contribution in [0.4, 0.5) is 0 Å². The average Bonchev–Trinajstić information content (AvgIpc) is 3.27. The fraction of sp³-hybridized carbons (Fsp3) is 0.267. The second-order valence-electron chi connectivity index (χ2n) is 9.84. The minimum Gasteiger partial charge on any atom is -0.335 e. The third-order valence-corrected chi connectivity index (χ3v) is 9.09. The Hall–Kier alpha value is -3.70. The Balaban J connectivity index is 1.56. The molecule has 0 radical (unpaired) electrons. The number of nitrogens with one attached hydrogen (secondary N) is 2. The van der Waals surface area contributed by atoms with E-state index in [4.69, 9.17) is 11.6 Å². The highest BCUT2D eigenvalue weighted by Crippen LogP contribution is 2.29. The highest BCUT2D eigenvalue weighted by Gasteiger charge is 2.31. The summed E-state index contributed by atoms with van der Waals surface area (Å²) < 4.78 is 31.4. The standard InChI is InChI=1S/C30H32ClN5O4S/c1-22-10-5-7-14-25(22)36-27(23-11-3-2-4-12-23)28(29(37)34-20-17-32-18-21-34)35(30(36)38)19-9-16-33-41(39,40)26-15-8-6-13-24(26)31/h2-8,10-15,32-33H,9,16-21H2,1H3. The van der Waals surface area contributed by atoms with E-state index in [0.717, 1.165) is 11.1 Å². The van der Waals surface area contributed by atoms with Crippen molar-refractivity contribution in [3.05, 3.63) is 106 Å². The topological polar surface area (TPSA) is 105 Å². The van der Waals surface area contributed by atoms with E-state index in [1.54, 1.807) is 21.6 Å². The molecule has 4 aromatic rings. The summed E-state index contributed by atoms with van der Waals surface area (Å²) >= 11 is 6.10. The lowest BCUT2D eigenvalue weighted by atomic mass is 10.1. The molecule has 9 nitrogen and oxygen atoms in total.